The second-order valence-corrected chi connectivity index (χ2v) is 4.57. The first-order chi connectivity index (χ1) is 5.18. The zero-order valence-corrected chi connectivity index (χ0v) is 8.26. The number of benzene rings is 1. The van der Waals surface area contributed by atoms with Crippen LogP contribution in [0.3, 0.4) is 0 Å². The molecule has 1 aromatic carbocycles. The molecule has 11 heavy (non-hydrogen) atoms. The smallest absolute Gasteiger partial charge is 0.0496 e. The van der Waals surface area contributed by atoms with Gasteiger partial charge in [-0.05, 0) is 26.0 Å². The molecule has 2 heteroatoms. The molecule has 0 spiro atoms. The number of hydrogen-bond acceptors (Lipinski definition) is 2. The van der Waals surface area contributed by atoms with Crippen molar-refractivity contribution in [2.24, 2.45) is 0 Å². The van der Waals surface area contributed by atoms with Gasteiger partial charge < -0.3 is 0 Å². The number of hydrogen-bond donors (Lipinski definition) is 0. The molecule has 0 aliphatic heterocycles. The lowest BCUT2D eigenvalue weighted by Gasteiger charge is -1.97. The minimum Gasteiger partial charge on any atom is -0.0831 e. The van der Waals surface area contributed by atoms with Crippen LogP contribution in [0.5, 0.6) is 0 Å². The predicted octanol–water partition coefficient (Wildman–Crippen LogP) is 3.43. The SMILES string of the molecule is CC(=S)Sc1ccc(C)cc1. The molecule has 0 heterocycles. The first kappa shape index (κ1) is 8.75. The molecule has 0 unspecified atom stereocenters. The molecule has 58 valence electrons. The minimum absolute atomic E-state index is 0.967. The highest BCUT2D eigenvalue weighted by molar-refractivity contribution is 8.23. The second-order valence-electron chi connectivity index (χ2n) is 2.41. The van der Waals surface area contributed by atoms with E-state index in [1.54, 1.807) is 11.8 Å². The number of rotatable bonds is 1. The summed E-state index contributed by atoms with van der Waals surface area (Å²) in [6, 6.07) is 8.38. The topological polar surface area (TPSA) is 0 Å². The Labute approximate surface area is 77.0 Å². The zero-order chi connectivity index (χ0) is 8.27. The van der Waals surface area contributed by atoms with Crippen molar-refractivity contribution in [2.45, 2.75) is 18.7 Å². The molecule has 0 N–H and O–H groups in total. The molecule has 0 fully saturated rings. The predicted molar refractivity (Wildman–Crippen MR) is 55.3 cm³/mol. The molecule has 0 amide bonds. The van der Waals surface area contributed by atoms with Gasteiger partial charge in [0.05, 0.1) is 0 Å². The van der Waals surface area contributed by atoms with Gasteiger partial charge in [-0.1, -0.05) is 41.7 Å². The van der Waals surface area contributed by atoms with Gasteiger partial charge in [0.2, 0.25) is 0 Å². The van der Waals surface area contributed by atoms with Crippen LogP contribution in [0.2, 0.25) is 0 Å². The molecule has 0 atom stereocenters. The summed E-state index contributed by atoms with van der Waals surface area (Å²) >= 11 is 6.61. The fourth-order valence-corrected chi connectivity index (χ4v) is 1.67. The lowest BCUT2D eigenvalue weighted by molar-refractivity contribution is 1.38. The standard InChI is InChI=1S/C9H10S2/c1-7-3-5-9(6-4-7)11-8(2)10/h3-6H,1-2H3. The summed E-state index contributed by atoms with van der Waals surface area (Å²) in [5, 5.41) is 0. The highest BCUT2D eigenvalue weighted by Crippen LogP contribution is 2.19. The van der Waals surface area contributed by atoms with Gasteiger partial charge in [-0.15, -0.1) is 0 Å². The summed E-state index contributed by atoms with van der Waals surface area (Å²) in [7, 11) is 0. The Morgan fingerprint density at radius 2 is 1.82 bits per heavy atom. The Morgan fingerprint density at radius 1 is 1.27 bits per heavy atom. The quantitative estimate of drug-likeness (QED) is 0.482. The summed E-state index contributed by atoms with van der Waals surface area (Å²) in [5.74, 6) is 0. The molecule has 0 saturated heterocycles. The summed E-state index contributed by atoms with van der Waals surface area (Å²) in [5.41, 5.74) is 1.29. The van der Waals surface area contributed by atoms with Crippen molar-refractivity contribution in [3.63, 3.8) is 0 Å². The van der Waals surface area contributed by atoms with Crippen molar-refractivity contribution in [3.05, 3.63) is 29.8 Å². The van der Waals surface area contributed by atoms with Crippen molar-refractivity contribution in [3.8, 4) is 0 Å². The van der Waals surface area contributed by atoms with Crippen molar-refractivity contribution >= 4 is 28.2 Å². The summed E-state index contributed by atoms with van der Waals surface area (Å²) < 4.78 is 0.967. The third kappa shape index (κ3) is 3.04. The van der Waals surface area contributed by atoms with E-state index in [0.29, 0.717) is 0 Å². The van der Waals surface area contributed by atoms with Crippen LogP contribution in [0.15, 0.2) is 29.2 Å². The van der Waals surface area contributed by atoms with E-state index in [-0.39, 0.29) is 0 Å². The number of aryl methyl sites for hydroxylation is 1. The van der Waals surface area contributed by atoms with Crippen molar-refractivity contribution < 1.29 is 0 Å². The summed E-state index contributed by atoms with van der Waals surface area (Å²) in [6.07, 6.45) is 0. The highest BCUT2D eigenvalue weighted by atomic mass is 32.2. The Balaban J connectivity index is 2.74. The maximum atomic E-state index is 4.97. The van der Waals surface area contributed by atoms with Gasteiger partial charge in [0.15, 0.2) is 0 Å². The molecule has 0 nitrogen and oxygen atoms in total. The number of thioether (sulfide) groups is 1. The number of thiocarbonyl (C=S) groups is 1. The average Bonchev–Trinajstić information content (AvgIpc) is 1.93. The second kappa shape index (κ2) is 3.88. The van der Waals surface area contributed by atoms with Crippen LogP contribution in [0.4, 0.5) is 0 Å². The summed E-state index contributed by atoms with van der Waals surface area (Å²) in [6.45, 7) is 4.03. The van der Waals surface area contributed by atoms with Gasteiger partial charge in [0, 0.05) is 9.09 Å². The van der Waals surface area contributed by atoms with Crippen molar-refractivity contribution in [1.82, 2.24) is 0 Å². The lowest BCUT2D eigenvalue weighted by atomic mass is 10.2. The van der Waals surface area contributed by atoms with Gasteiger partial charge >= 0.3 is 0 Å². The highest BCUT2D eigenvalue weighted by Gasteiger charge is 1.93. The zero-order valence-electron chi connectivity index (χ0n) is 6.63. The molecular formula is C9H10S2. The van der Waals surface area contributed by atoms with Crippen LogP contribution < -0.4 is 0 Å². The first-order valence-corrected chi connectivity index (χ1v) is 4.66. The van der Waals surface area contributed by atoms with E-state index in [1.165, 1.54) is 10.5 Å². The van der Waals surface area contributed by atoms with Crippen LogP contribution in [-0.4, -0.2) is 4.20 Å². The Hall–Kier alpha value is -0.340. The van der Waals surface area contributed by atoms with Crippen LogP contribution in [0.25, 0.3) is 0 Å². The van der Waals surface area contributed by atoms with Gasteiger partial charge in [-0.2, -0.15) is 0 Å². The fourth-order valence-electron chi connectivity index (χ4n) is 0.772. The molecular weight excluding hydrogens is 172 g/mol. The molecule has 0 saturated carbocycles. The van der Waals surface area contributed by atoms with E-state index in [4.69, 9.17) is 12.2 Å². The molecule has 1 aromatic rings. The van der Waals surface area contributed by atoms with E-state index in [2.05, 4.69) is 31.2 Å². The van der Waals surface area contributed by atoms with E-state index < -0.39 is 0 Å². The molecule has 0 radical (unpaired) electrons. The van der Waals surface area contributed by atoms with Crippen LogP contribution >= 0.6 is 24.0 Å². The van der Waals surface area contributed by atoms with Crippen molar-refractivity contribution in [2.75, 3.05) is 0 Å². The van der Waals surface area contributed by atoms with Gasteiger partial charge in [0.1, 0.15) is 0 Å². The maximum Gasteiger partial charge on any atom is 0.0496 e. The fraction of sp³-hybridized carbons (Fsp3) is 0.222. The third-order valence-electron chi connectivity index (χ3n) is 1.28. The van der Waals surface area contributed by atoms with Gasteiger partial charge in [-0.3, -0.25) is 0 Å². The van der Waals surface area contributed by atoms with E-state index in [9.17, 15) is 0 Å². The van der Waals surface area contributed by atoms with Crippen LogP contribution in [-0.2, 0) is 0 Å². The van der Waals surface area contributed by atoms with Gasteiger partial charge in [-0.25, -0.2) is 0 Å². The van der Waals surface area contributed by atoms with Gasteiger partial charge in [0.25, 0.3) is 0 Å². The van der Waals surface area contributed by atoms with E-state index >= 15 is 0 Å². The maximum absolute atomic E-state index is 4.97. The largest absolute Gasteiger partial charge is 0.0831 e. The van der Waals surface area contributed by atoms with E-state index in [1.807, 2.05) is 6.92 Å². The molecule has 0 bridgehead atoms. The minimum atomic E-state index is 0.967. The summed E-state index contributed by atoms with van der Waals surface area (Å²) in [4.78, 5) is 1.23. The molecule has 1 rings (SSSR count). The first-order valence-electron chi connectivity index (χ1n) is 3.43. The Kier molecular flexibility index (Phi) is 3.09. The third-order valence-corrected chi connectivity index (χ3v) is 2.33. The van der Waals surface area contributed by atoms with Crippen LogP contribution in [0.1, 0.15) is 12.5 Å². The lowest BCUT2D eigenvalue weighted by Crippen LogP contribution is -1.77. The van der Waals surface area contributed by atoms with Crippen molar-refractivity contribution in [1.29, 1.82) is 0 Å². The normalized spacial score (nSPS) is 9.64. The molecule has 0 aliphatic carbocycles. The molecule has 0 aromatic heterocycles. The van der Waals surface area contributed by atoms with Crippen LogP contribution in [0, 0.1) is 6.92 Å². The monoisotopic (exact) mass is 182 g/mol. The Bertz CT molecular complexity index is 249. The van der Waals surface area contributed by atoms with E-state index in [0.717, 1.165) is 4.20 Å². The Morgan fingerprint density at radius 3 is 2.27 bits per heavy atom. The average molecular weight is 182 g/mol. The molecule has 0 aliphatic rings.